The number of amides is 1. The molecule has 0 atom stereocenters. The lowest BCUT2D eigenvalue weighted by Crippen LogP contribution is -2.37. The lowest BCUT2D eigenvalue weighted by molar-refractivity contribution is 0.0972. The van der Waals surface area contributed by atoms with Gasteiger partial charge in [0, 0.05) is 24.9 Å². The van der Waals surface area contributed by atoms with Gasteiger partial charge < -0.3 is 20.8 Å². The molecule has 0 radical (unpaired) electrons. The second kappa shape index (κ2) is 9.62. The van der Waals surface area contributed by atoms with Crippen LogP contribution in [0, 0.1) is 13.8 Å². The Morgan fingerprint density at radius 2 is 2.12 bits per heavy atom. The van der Waals surface area contributed by atoms with E-state index >= 15 is 0 Å². The number of nitrogens with one attached hydrogen (secondary N) is 2. The molecule has 2 aromatic rings. The van der Waals surface area contributed by atoms with Crippen molar-refractivity contribution in [3.8, 4) is 0 Å². The van der Waals surface area contributed by atoms with Gasteiger partial charge in [-0.1, -0.05) is 0 Å². The van der Waals surface area contributed by atoms with E-state index in [4.69, 9.17) is 10.2 Å². The fraction of sp³-hybridized carbons (Fsp3) is 0.400. The molecule has 2 heterocycles. The SMILES string of the molecule is CN=C(NCCc1nc(C)c(C)s1)NCc1ccc(C(N)=O)o1.I. The summed E-state index contributed by atoms with van der Waals surface area (Å²) >= 11 is 1.72. The van der Waals surface area contributed by atoms with Gasteiger partial charge in [-0.25, -0.2) is 4.98 Å². The summed E-state index contributed by atoms with van der Waals surface area (Å²) in [6.07, 6.45) is 0.840. The van der Waals surface area contributed by atoms with Gasteiger partial charge in [0.05, 0.1) is 17.2 Å². The first kappa shape index (κ1) is 20.4. The number of aliphatic imine (C=N–C) groups is 1. The first-order valence-corrected chi connectivity index (χ1v) is 8.07. The molecule has 0 aliphatic rings. The Morgan fingerprint density at radius 3 is 2.67 bits per heavy atom. The van der Waals surface area contributed by atoms with E-state index in [1.54, 1.807) is 30.5 Å². The molecule has 4 N–H and O–H groups in total. The van der Waals surface area contributed by atoms with Gasteiger partial charge >= 0.3 is 0 Å². The maximum atomic E-state index is 11.0. The summed E-state index contributed by atoms with van der Waals surface area (Å²) in [5.41, 5.74) is 6.24. The third-order valence-corrected chi connectivity index (χ3v) is 4.39. The van der Waals surface area contributed by atoms with E-state index in [0.29, 0.717) is 18.3 Å². The molecule has 2 rings (SSSR count). The standard InChI is InChI=1S/C15H21N5O2S.HI/c1-9-10(2)23-13(20-9)6-7-18-15(17-3)19-8-11-4-5-12(22-11)14(16)21;/h4-5H,6-8H2,1-3H3,(H2,16,21)(H2,17,18,19);1H. The molecule has 0 saturated carbocycles. The van der Waals surface area contributed by atoms with Gasteiger partial charge in [0.25, 0.3) is 5.91 Å². The number of aromatic nitrogens is 1. The van der Waals surface area contributed by atoms with Gasteiger partial charge in [-0.3, -0.25) is 9.79 Å². The summed E-state index contributed by atoms with van der Waals surface area (Å²) in [6.45, 7) is 5.25. The van der Waals surface area contributed by atoms with Crippen molar-refractivity contribution in [3.63, 3.8) is 0 Å². The lowest BCUT2D eigenvalue weighted by atomic mass is 10.4. The minimum absolute atomic E-state index is 0. The number of halogens is 1. The second-order valence-electron chi connectivity index (χ2n) is 4.98. The highest BCUT2D eigenvalue weighted by Crippen LogP contribution is 2.16. The zero-order chi connectivity index (χ0) is 16.8. The van der Waals surface area contributed by atoms with Crippen LogP contribution < -0.4 is 16.4 Å². The third kappa shape index (κ3) is 5.78. The fourth-order valence-electron chi connectivity index (χ4n) is 1.93. The van der Waals surface area contributed by atoms with Gasteiger partial charge in [0.15, 0.2) is 11.7 Å². The van der Waals surface area contributed by atoms with Gasteiger partial charge in [-0.05, 0) is 26.0 Å². The molecule has 24 heavy (non-hydrogen) atoms. The summed E-state index contributed by atoms with van der Waals surface area (Å²) in [5.74, 6) is 0.854. The van der Waals surface area contributed by atoms with E-state index in [2.05, 4.69) is 27.5 Å². The highest BCUT2D eigenvalue weighted by molar-refractivity contribution is 14.0. The number of guanidine groups is 1. The first-order chi connectivity index (χ1) is 11.0. The molecule has 1 amide bonds. The van der Waals surface area contributed by atoms with Gasteiger partial charge in [0.2, 0.25) is 0 Å². The van der Waals surface area contributed by atoms with Crippen LogP contribution in [0.4, 0.5) is 0 Å². The van der Waals surface area contributed by atoms with E-state index in [-0.39, 0.29) is 29.7 Å². The summed E-state index contributed by atoms with van der Waals surface area (Å²) in [6, 6.07) is 3.27. The van der Waals surface area contributed by atoms with Crippen LogP contribution in [0.5, 0.6) is 0 Å². The quantitative estimate of drug-likeness (QED) is 0.345. The second-order valence-corrected chi connectivity index (χ2v) is 6.27. The molecular weight excluding hydrogens is 441 g/mol. The topological polar surface area (TPSA) is 106 Å². The van der Waals surface area contributed by atoms with Crippen LogP contribution in [-0.2, 0) is 13.0 Å². The first-order valence-electron chi connectivity index (χ1n) is 7.25. The van der Waals surface area contributed by atoms with Crippen LogP contribution in [-0.4, -0.2) is 30.4 Å². The largest absolute Gasteiger partial charge is 0.454 e. The van der Waals surface area contributed by atoms with Gasteiger partial charge in [-0.15, -0.1) is 35.3 Å². The van der Waals surface area contributed by atoms with Crippen LogP contribution in [0.15, 0.2) is 21.5 Å². The molecule has 0 aliphatic heterocycles. The number of carbonyl (C=O) groups excluding carboxylic acids is 1. The average Bonchev–Trinajstić information content (AvgIpc) is 3.10. The zero-order valence-corrected chi connectivity index (χ0v) is 17.0. The Bertz CT molecular complexity index is 691. The number of nitrogens with zero attached hydrogens (tertiary/aromatic N) is 2. The number of carbonyl (C=O) groups is 1. The minimum Gasteiger partial charge on any atom is -0.454 e. The number of primary amides is 1. The smallest absolute Gasteiger partial charge is 0.284 e. The Kier molecular flexibility index (Phi) is 8.19. The molecule has 0 aromatic carbocycles. The van der Waals surface area contributed by atoms with Crippen molar-refractivity contribution in [2.24, 2.45) is 10.7 Å². The highest BCUT2D eigenvalue weighted by Gasteiger charge is 2.08. The van der Waals surface area contributed by atoms with E-state index in [0.717, 1.165) is 23.7 Å². The average molecular weight is 463 g/mol. The molecule has 0 fully saturated rings. The molecule has 132 valence electrons. The van der Waals surface area contributed by atoms with Crippen molar-refractivity contribution in [2.75, 3.05) is 13.6 Å². The van der Waals surface area contributed by atoms with Crippen LogP contribution >= 0.6 is 35.3 Å². The summed E-state index contributed by atoms with van der Waals surface area (Å²) in [7, 11) is 1.70. The Morgan fingerprint density at radius 1 is 1.38 bits per heavy atom. The maximum absolute atomic E-state index is 11.0. The Balaban J connectivity index is 0.00000288. The van der Waals surface area contributed by atoms with Crippen LogP contribution in [0.25, 0.3) is 0 Å². The van der Waals surface area contributed by atoms with Crippen LogP contribution in [0.3, 0.4) is 0 Å². The van der Waals surface area contributed by atoms with Gasteiger partial charge in [-0.2, -0.15) is 0 Å². The molecule has 0 aliphatic carbocycles. The normalized spacial score (nSPS) is 11.0. The van der Waals surface area contributed by atoms with Crippen molar-refractivity contribution in [2.45, 2.75) is 26.8 Å². The number of hydrogen-bond donors (Lipinski definition) is 3. The Labute approximate surface area is 162 Å². The summed E-state index contributed by atoms with van der Waals surface area (Å²) in [5, 5.41) is 7.45. The molecule has 0 bridgehead atoms. The molecule has 0 spiro atoms. The maximum Gasteiger partial charge on any atom is 0.284 e. The Hall–Kier alpha value is -1.62. The van der Waals surface area contributed by atoms with Crippen molar-refractivity contribution < 1.29 is 9.21 Å². The lowest BCUT2D eigenvalue weighted by Gasteiger charge is -2.10. The van der Waals surface area contributed by atoms with Crippen LogP contribution in [0.2, 0.25) is 0 Å². The number of furan rings is 1. The summed E-state index contributed by atoms with van der Waals surface area (Å²) in [4.78, 5) is 20.9. The third-order valence-electron chi connectivity index (χ3n) is 3.26. The molecule has 0 unspecified atom stereocenters. The summed E-state index contributed by atoms with van der Waals surface area (Å²) < 4.78 is 5.30. The van der Waals surface area contributed by atoms with Crippen molar-refractivity contribution in [1.29, 1.82) is 0 Å². The van der Waals surface area contributed by atoms with E-state index in [9.17, 15) is 4.79 Å². The number of hydrogen-bond acceptors (Lipinski definition) is 5. The number of rotatable bonds is 6. The molecule has 0 saturated heterocycles. The van der Waals surface area contributed by atoms with E-state index < -0.39 is 5.91 Å². The molecular formula is C15H22IN5O2S. The number of aryl methyl sites for hydroxylation is 2. The molecule has 9 heteroatoms. The van der Waals surface area contributed by atoms with E-state index in [1.807, 2.05) is 6.92 Å². The number of nitrogens with two attached hydrogens (primary N) is 1. The van der Waals surface area contributed by atoms with Crippen LogP contribution in [0.1, 0.15) is 31.9 Å². The predicted molar refractivity (Wildman–Crippen MR) is 106 cm³/mol. The number of thiazole rings is 1. The fourth-order valence-corrected chi connectivity index (χ4v) is 2.86. The molecule has 2 aromatic heterocycles. The molecule has 7 nitrogen and oxygen atoms in total. The predicted octanol–water partition coefficient (Wildman–Crippen LogP) is 1.98. The van der Waals surface area contributed by atoms with Crippen molar-refractivity contribution in [1.82, 2.24) is 15.6 Å². The highest BCUT2D eigenvalue weighted by atomic mass is 127. The van der Waals surface area contributed by atoms with E-state index in [1.165, 1.54) is 4.88 Å². The zero-order valence-electron chi connectivity index (χ0n) is 13.9. The van der Waals surface area contributed by atoms with Crippen molar-refractivity contribution >= 4 is 47.2 Å². The van der Waals surface area contributed by atoms with Crippen molar-refractivity contribution in [3.05, 3.63) is 39.2 Å². The van der Waals surface area contributed by atoms with Gasteiger partial charge in [0.1, 0.15) is 5.76 Å². The minimum atomic E-state index is -0.576. The monoisotopic (exact) mass is 463 g/mol.